The van der Waals surface area contributed by atoms with E-state index in [0.29, 0.717) is 17.9 Å². The molecule has 1 aromatic heterocycles. The van der Waals surface area contributed by atoms with Gasteiger partial charge < -0.3 is 9.47 Å². The molecule has 1 fully saturated rings. The molecular formula is C16H20N4O4. The fourth-order valence-electron chi connectivity index (χ4n) is 2.71. The second kappa shape index (κ2) is 7.41. The summed E-state index contributed by atoms with van der Waals surface area (Å²) in [6, 6.07) is 6.46. The van der Waals surface area contributed by atoms with Crippen LogP contribution in [0.15, 0.2) is 30.5 Å². The third kappa shape index (κ3) is 3.72. The van der Waals surface area contributed by atoms with Crippen LogP contribution in [0.1, 0.15) is 0 Å². The molecule has 1 aliphatic rings. The third-order valence-electron chi connectivity index (χ3n) is 4.04. The molecule has 0 saturated carbocycles. The van der Waals surface area contributed by atoms with Crippen molar-refractivity contribution in [2.24, 2.45) is 7.05 Å². The van der Waals surface area contributed by atoms with Crippen LogP contribution in [0.2, 0.25) is 0 Å². The van der Waals surface area contributed by atoms with E-state index in [9.17, 15) is 10.1 Å². The molecule has 1 aliphatic heterocycles. The van der Waals surface area contributed by atoms with Gasteiger partial charge in [-0.2, -0.15) is 5.10 Å². The largest absolute Gasteiger partial charge is 0.492 e. The van der Waals surface area contributed by atoms with E-state index in [-0.39, 0.29) is 5.69 Å². The topological polar surface area (TPSA) is 82.7 Å². The van der Waals surface area contributed by atoms with E-state index in [4.69, 9.17) is 9.47 Å². The predicted octanol–water partition coefficient (Wildman–Crippen LogP) is 1.71. The van der Waals surface area contributed by atoms with Gasteiger partial charge in [-0.25, -0.2) is 0 Å². The molecule has 0 spiro atoms. The van der Waals surface area contributed by atoms with Gasteiger partial charge >= 0.3 is 0 Å². The molecule has 0 radical (unpaired) electrons. The van der Waals surface area contributed by atoms with Crippen LogP contribution in [0, 0.1) is 10.1 Å². The van der Waals surface area contributed by atoms with Gasteiger partial charge in [0.15, 0.2) is 0 Å². The van der Waals surface area contributed by atoms with Crippen molar-refractivity contribution in [2.45, 2.75) is 0 Å². The summed E-state index contributed by atoms with van der Waals surface area (Å²) in [5.41, 5.74) is 1.48. The number of morpholine rings is 1. The van der Waals surface area contributed by atoms with Gasteiger partial charge in [0.05, 0.1) is 23.8 Å². The molecule has 0 aliphatic carbocycles. The number of hydrogen-bond acceptors (Lipinski definition) is 6. The van der Waals surface area contributed by atoms with Crippen LogP contribution in [0.5, 0.6) is 5.75 Å². The van der Waals surface area contributed by atoms with Crippen LogP contribution >= 0.6 is 0 Å². The first kappa shape index (κ1) is 16.4. The highest BCUT2D eigenvalue weighted by atomic mass is 16.6. The maximum Gasteiger partial charge on any atom is 0.270 e. The lowest BCUT2D eigenvalue weighted by Gasteiger charge is -2.26. The first-order valence-electron chi connectivity index (χ1n) is 7.85. The van der Waals surface area contributed by atoms with Crippen LogP contribution in [-0.4, -0.2) is 59.1 Å². The highest BCUT2D eigenvalue weighted by molar-refractivity contribution is 5.70. The molecule has 1 aromatic carbocycles. The van der Waals surface area contributed by atoms with E-state index in [0.717, 1.165) is 38.5 Å². The fraction of sp³-hybridized carbons (Fsp3) is 0.438. The van der Waals surface area contributed by atoms with Gasteiger partial charge in [0, 0.05) is 50.6 Å². The molecule has 0 unspecified atom stereocenters. The molecule has 24 heavy (non-hydrogen) atoms. The number of ether oxygens (including phenoxy) is 2. The van der Waals surface area contributed by atoms with Crippen LogP contribution in [0.3, 0.4) is 0 Å². The van der Waals surface area contributed by atoms with Crippen molar-refractivity contribution in [3.8, 4) is 17.0 Å². The van der Waals surface area contributed by atoms with Gasteiger partial charge in [0.25, 0.3) is 5.69 Å². The molecule has 8 nitrogen and oxygen atoms in total. The van der Waals surface area contributed by atoms with E-state index in [1.54, 1.807) is 24.0 Å². The summed E-state index contributed by atoms with van der Waals surface area (Å²) in [5, 5.41) is 15.2. The van der Waals surface area contributed by atoms with E-state index in [1.807, 2.05) is 6.07 Å². The van der Waals surface area contributed by atoms with Crippen molar-refractivity contribution in [1.29, 1.82) is 0 Å². The second-order valence-electron chi connectivity index (χ2n) is 5.58. The first-order chi connectivity index (χ1) is 11.6. The molecule has 128 valence electrons. The number of aryl methyl sites for hydroxylation is 1. The van der Waals surface area contributed by atoms with E-state index in [1.165, 1.54) is 12.1 Å². The van der Waals surface area contributed by atoms with Crippen molar-refractivity contribution in [1.82, 2.24) is 14.7 Å². The van der Waals surface area contributed by atoms with Gasteiger partial charge in [-0.3, -0.25) is 19.7 Å². The number of nitro groups is 1. The highest BCUT2D eigenvalue weighted by Crippen LogP contribution is 2.33. The minimum Gasteiger partial charge on any atom is -0.492 e. The Hall–Kier alpha value is -2.45. The van der Waals surface area contributed by atoms with Gasteiger partial charge in [-0.15, -0.1) is 0 Å². The van der Waals surface area contributed by atoms with Gasteiger partial charge in [0.1, 0.15) is 12.4 Å². The molecule has 1 saturated heterocycles. The Morgan fingerprint density at radius 2 is 2.12 bits per heavy atom. The van der Waals surface area contributed by atoms with Crippen molar-refractivity contribution in [3.63, 3.8) is 0 Å². The predicted molar refractivity (Wildman–Crippen MR) is 88.1 cm³/mol. The standard InChI is InChI=1S/C16H20N4O4/c1-18-15(4-5-17-18)14-12-13(20(21)22)2-3-16(14)24-11-8-19-6-9-23-10-7-19/h2-5,12H,6-11H2,1H3. The van der Waals surface area contributed by atoms with E-state index in [2.05, 4.69) is 10.00 Å². The summed E-state index contributed by atoms with van der Waals surface area (Å²) in [6.07, 6.45) is 1.66. The number of hydrogen-bond donors (Lipinski definition) is 0. The first-order valence-corrected chi connectivity index (χ1v) is 7.85. The minimum atomic E-state index is -0.405. The summed E-state index contributed by atoms with van der Waals surface area (Å²) >= 11 is 0. The van der Waals surface area contributed by atoms with Gasteiger partial charge in [0.2, 0.25) is 0 Å². The molecule has 2 heterocycles. The zero-order chi connectivity index (χ0) is 16.9. The average Bonchev–Trinajstić information content (AvgIpc) is 3.02. The number of aromatic nitrogens is 2. The van der Waals surface area contributed by atoms with Crippen molar-refractivity contribution in [2.75, 3.05) is 39.5 Å². The molecule has 0 N–H and O–H groups in total. The Kier molecular flexibility index (Phi) is 5.07. The number of benzene rings is 1. The van der Waals surface area contributed by atoms with Gasteiger partial charge in [-0.1, -0.05) is 0 Å². The van der Waals surface area contributed by atoms with Crippen molar-refractivity contribution >= 4 is 5.69 Å². The Morgan fingerprint density at radius 3 is 2.79 bits per heavy atom. The maximum atomic E-state index is 11.1. The molecule has 8 heteroatoms. The van der Waals surface area contributed by atoms with Crippen LogP contribution < -0.4 is 4.74 Å². The Morgan fingerprint density at radius 1 is 1.33 bits per heavy atom. The van der Waals surface area contributed by atoms with Crippen LogP contribution in [-0.2, 0) is 11.8 Å². The normalized spacial score (nSPS) is 15.4. The lowest BCUT2D eigenvalue weighted by Crippen LogP contribution is -2.38. The second-order valence-corrected chi connectivity index (χ2v) is 5.58. The van der Waals surface area contributed by atoms with Crippen molar-refractivity contribution < 1.29 is 14.4 Å². The Labute approximate surface area is 139 Å². The average molecular weight is 332 g/mol. The minimum absolute atomic E-state index is 0.0340. The third-order valence-corrected chi connectivity index (χ3v) is 4.04. The summed E-state index contributed by atoms with van der Waals surface area (Å²) in [7, 11) is 1.80. The summed E-state index contributed by atoms with van der Waals surface area (Å²) in [4.78, 5) is 12.9. The number of non-ortho nitro benzene ring substituents is 1. The molecule has 0 amide bonds. The summed E-state index contributed by atoms with van der Waals surface area (Å²) in [5.74, 6) is 0.623. The number of nitro benzene ring substituents is 1. The zero-order valence-electron chi connectivity index (χ0n) is 13.6. The van der Waals surface area contributed by atoms with Crippen molar-refractivity contribution in [3.05, 3.63) is 40.6 Å². The summed E-state index contributed by atoms with van der Waals surface area (Å²) in [6.45, 7) is 4.61. The van der Waals surface area contributed by atoms with E-state index >= 15 is 0 Å². The SMILES string of the molecule is Cn1nccc1-c1cc([N+](=O)[O-])ccc1OCCN1CCOCC1. The molecular weight excluding hydrogens is 312 g/mol. The lowest BCUT2D eigenvalue weighted by molar-refractivity contribution is -0.384. The number of rotatable bonds is 6. The van der Waals surface area contributed by atoms with Crippen LogP contribution in [0.4, 0.5) is 5.69 Å². The summed E-state index contributed by atoms with van der Waals surface area (Å²) < 4.78 is 12.9. The molecule has 3 rings (SSSR count). The molecule has 0 atom stereocenters. The van der Waals surface area contributed by atoms with E-state index < -0.39 is 4.92 Å². The lowest BCUT2D eigenvalue weighted by atomic mass is 10.1. The molecule has 2 aromatic rings. The monoisotopic (exact) mass is 332 g/mol. The maximum absolute atomic E-state index is 11.1. The number of nitrogens with zero attached hydrogens (tertiary/aromatic N) is 4. The quantitative estimate of drug-likeness (QED) is 0.591. The van der Waals surface area contributed by atoms with Crippen LogP contribution in [0.25, 0.3) is 11.3 Å². The highest BCUT2D eigenvalue weighted by Gasteiger charge is 2.16. The smallest absolute Gasteiger partial charge is 0.270 e. The fourth-order valence-corrected chi connectivity index (χ4v) is 2.71. The zero-order valence-corrected chi connectivity index (χ0v) is 13.6. The molecule has 0 bridgehead atoms. The Balaban J connectivity index is 1.76. The van der Waals surface area contributed by atoms with Gasteiger partial charge in [-0.05, 0) is 12.1 Å². The Bertz CT molecular complexity index is 710.